The van der Waals surface area contributed by atoms with E-state index in [0.29, 0.717) is 6.42 Å². The zero-order valence-corrected chi connectivity index (χ0v) is 11.5. The van der Waals surface area contributed by atoms with Crippen molar-refractivity contribution in [2.45, 2.75) is 18.4 Å². The first-order valence-electron chi connectivity index (χ1n) is 4.84. The van der Waals surface area contributed by atoms with Gasteiger partial charge in [0.1, 0.15) is 6.54 Å². The van der Waals surface area contributed by atoms with Crippen molar-refractivity contribution in [2.24, 2.45) is 0 Å². The van der Waals surface area contributed by atoms with Crippen molar-refractivity contribution in [3.05, 3.63) is 16.8 Å². The summed E-state index contributed by atoms with van der Waals surface area (Å²) in [6.07, 6.45) is 1.74. The van der Waals surface area contributed by atoms with Gasteiger partial charge in [-0.2, -0.15) is 4.31 Å². The summed E-state index contributed by atoms with van der Waals surface area (Å²) in [5.74, 6) is -1.20. The monoisotopic (exact) mass is 325 g/mol. The molecule has 8 heteroatoms. The zero-order chi connectivity index (χ0) is 13.1. The Hall–Kier alpha value is -0.860. The van der Waals surface area contributed by atoms with Crippen molar-refractivity contribution >= 4 is 31.9 Å². The summed E-state index contributed by atoms with van der Waals surface area (Å²) in [7, 11) is -3.91. The van der Waals surface area contributed by atoms with Crippen LogP contribution in [0.25, 0.3) is 0 Å². The molecule has 1 heterocycles. The van der Waals surface area contributed by atoms with Crippen LogP contribution in [0.3, 0.4) is 0 Å². The van der Waals surface area contributed by atoms with Gasteiger partial charge in [-0.3, -0.25) is 4.79 Å². The average Bonchev–Trinajstić information content (AvgIpc) is 2.63. The highest BCUT2D eigenvalue weighted by Crippen LogP contribution is 2.25. The minimum Gasteiger partial charge on any atom is -0.480 e. The maximum atomic E-state index is 12.1. The number of carboxylic acids is 1. The number of furan rings is 1. The highest BCUT2D eigenvalue weighted by atomic mass is 79.9. The van der Waals surface area contributed by atoms with Crippen LogP contribution in [-0.2, 0) is 14.8 Å². The Bertz CT molecular complexity index is 495. The average molecular weight is 326 g/mol. The molecule has 0 saturated carbocycles. The molecule has 0 aliphatic rings. The van der Waals surface area contributed by atoms with Gasteiger partial charge in [-0.1, -0.05) is 6.92 Å². The van der Waals surface area contributed by atoms with Gasteiger partial charge in [0, 0.05) is 6.54 Å². The van der Waals surface area contributed by atoms with Crippen LogP contribution >= 0.6 is 15.9 Å². The molecule has 0 radical (unpaired) electrons. The van der Waals surface area contributed by atoms with Crippen molar-refractivity contribution in [3.8, 4) is 0 Å². The lowest BCUT2D eigenvalue weighted by Crippen LogP contribution is -2.36. The Morgan fingerprint density at radius 2 is 2.24 bits per heavy atom. The molecule has 1 N–H and O–H groups in total. The second kappa shape index (κ2) is 5.65. The van der Waals surface area contributed by atoms with Gasteiger partial charge in [0.2, 0.25) is 5.09 Å². The molecule has 96 valence electrons. The molecule has 6 nitrogen and oxygen atoms in total. The number of aliphatic carboxylic acids is 1. The Balaban J connectivity index is 3.08. The second-order valence-electron chi connectivity index (χ2n) is 3.29. The number of halogens is 1. The summed E-state index contributed by atoms with van der Waals surface area (Å²) in [6.45, 7) is 1.31. The maximum Gasteiger partial charge on any atom is 0.318 e. The molecule has 0 aliphatic heterocycles. The smallest absolute Gasteiger partial charge is 0.318 e. The first-order chi connectivity index (χ1) is 7.89. The summed E-state index contributed by atoms with van der Waals surface area (Å²) in [5, 5.41) is 8.42. The van der Waals surface area contributed by atoms with Crippen LogP contribution in [-0.4, -0.2) is 36.9 Å². The molecule has 0 bridgehead atoms. The zero-order valence-electron chi connectivity index (χ0n) is 9.09. The lowest BCUT2D eigenvalue weighted by molar-refractivity contribution is -0.137. The third kappa shape index (κ3) is 3.30. The lowest BCUT2D eigenvalue weighted by Gasteiger charge is -2.17. The van der Waals surface area contributed by atoms with Gasteiger partial charge in [0.05, 0.1) is 10.7 Å². The second-order valence-corrected chi connectivity index (χ2v) is 5.98. The predicted octanol–water partition coefficient (Wildman–Crippen LogP) is 1.53. The number of hydrogen-bond donors (Lipinski definition) is 1. The third-order valence-corrected chi connectivity index (χ3v) is 4.61. The lowest BCUT2D eigenvalue weighted by atomic mass is 10.5. The number of rotatable bonds is 6. The summed E-state index contributed by atoms with van der Waals surface area (Å²) in [5.41, 5.74) is 0. The molecular formula is C9H12BrNO5S. The van der Waals surface area contributed by atoms with Gasteiger partial charge in [0.25, 0.3) is 10.0 Å². The van der Waals surface area contributed by atoms with Gasteiger partial charge >= 0.3 is 5.97 Å². The first-order valence-corrected chi connectivity index (χ1v) is 7.07. The number of hydrogen-bond acceptors (Lipinski definition) is 4. The van der Waals surface area contributed by atoms with Crippen LogP contribution in [0.1, 0.15) is 13.3 Å². The molecule has 0 aromatic carbocycles. The van der Waals surface area contributed by atoms with Gasteiger partial charge in [-0.15, -0.1) is 0 Å². The Labute approximate surface area is 107 Å². The Morgan fingerprint density at radius 1 is 1.59 bits per heavy atom. The SMILES string of the molecule is CCCN(CC(=O)O)S(=O)(=O)c1occc1Br. The fourth-order valence-corrected chi connectivity index (χ4v) is 3.51. The molecule has 0 spiro atoms. The van der Waals surface area contributed by atoms with E-state index in [4.69, 9.17) is 9.52 Å². The number of carboxylic acid groups (broad SMARTS) is 1. The van der Waals surface area contributed by atoms with Crippen LogP contribution in [0.15, 0.2) is 26.3 Å². The largest absolute Gasteiger partial charge is 0.480 e. The molecule has 0 aliphatic carbocycles. The fourth-order valence-electron chi connectivity index (χ4n) is 1.27. The highest BCUT2D eigenvalue weighted by Gasteiger charge is 2.30. The van der Waals surface area contributed by atoms with E-state index in [9.17, 15) is 13.2 Å². The van der Waals surface area contributed by atoms with Crippen LogP contribution in [0.5, 0.6) is 0 Å². The third-order valence-electron chi connectivity index (χ3n) is 1.94. The molecule has 1 rings (SSSR count). The summed E-state index contributed by atoms with van der Waals surface area (Å²) < 4.78 is 30.2. The number of sulfonamides is 1. The van der Waals surface area contributed by atoms with Crippen LogP contribution in [0.4, 0.5) is 0 Å². The molecule has 1 aromatic heterocycles. The predicted molar refractivity (Wildman–Crippen MR) is 63.1 cm³/mol. The quantitative estimate of drug-likeness (QED) is 0.856. The van der Waals surface area contributed by atoms with Gasteiger partial charge in [-0.25, -0.2) is 8.42 Å². The highest BCUT2D eigenvalue weighted by molar-refractivity contribution is 9.10. The topological polar surface area (TPSA) is 87.8 Å². The van der Waals surface area contributed by atoms with E-state index >= 15 is 0 Å². The van der Waals surface area contributed by atoms with Crippen molar-refractivity contribution in [2.75, 3.05) is 13.1 Å². The molecule has 17 heavy (non-hydrogen) atoms. The van der Waals surface area contributed by atoms with Crippen LogP contribution < -0.4 is 0 Å². The molecule has 0 saturated heterocycles. The van der Waals surface area contributed by atoms with Crippen molar-refractivity contribution < 1.29 is 22.7 Å². The minimum absolute atomic E-state index is 0.127. The molecule has 0 amide bonds. The maximum absolute atomic E-state index is 12.1. The van der Waals surface area contributed by atoms with E-state index in [1.165, 1.54) is 12.3 Å². The molecule has 0 atom stereocenters. The molecule has 0 unspecified atom stereocenters. The van der Waals surface area contributed by atoms with Crippen molar-refractivity contribution in [1.82, 2.24) is 4.31 Å². The van der Waals surface area contributed by atoms with E-state index in [2.05, 4.69) is 15.9 Å². The normalized spacial score (nSPS) is 11.9. The van der Waals surface area contributed by atoms with E-state index in [-0.39, 0.29) is 16.1 Å². The van der Waals surface area contributed by atoms with Gasteiger partial charge in [-0.05, 0) is 28.4 Å². The first kappa shape index (κ1) is 14.2. The van der Waals surface area contributed by atoms with Crippen molar-refractivity contribution in [1.29, 1.82) is 0 Å². The van der Waals surface area contributed by atoms with E-state index < -0.39 is 22.5 Å². The Kier molecular flexibility index (Phi) is 4.72. The molecular weight excluding hydrogens is 314 g/mol. The molecule has 1 aromatic rings. The van der Waals surface area contributed by atoms with Gasteiger partial charge in [0.15, 0.2) is 0 Å². The van der Waals surface area contributed by atoms with Gasteiger partial charge < -0.3 is 9.52 Å². The number of carbonyl (C=O) groups is 1. The summed E-state index contributed by atoms with van der Waals surface area (Å²) in [6, 6.07) is 1.44. The Morgan fingerprint density at radius 3 is 2.65 bits per heavy atom. The van der Waals surface area contributed by atoms with Crippen molar-refractivity contribution in [3.63, 3.8) is 0 Å². The van der Waals surface area contributed by atoms with Crippen LogP contribution in [0.2, 0.25) is 0 Å². The van der Waals surface area contributed by atoms with E-state index in [1.807, 2.05) is 0 Å². The summed E-state index contributed by atoms with van der Waals surface area (Å²) >= 11 is 3.04. The summed E-state index contributed by atoms with van der Waals surface area (Å²) in [4.78, 5) is 10.6. The van der Waals surface area contributed by atoms with E-state index in [1.54, 1.807) is 6.92 Å². The number of nitrogens with zero attached hydrogens (tertiary/aromatic N) is 1. The molecule has 0 fully saturated rings. The van der Waals surface area contributed by atoms with E-state index in [0.717, 1.165) is 4.31 Å². The minimum atomic E-state index is -3.91. The standard InChI is InChI=1S/C9H12BrNO5S/c1-2-4-11(6-8(12)13)17(14,15)9-7(10)3-5-16-9/h3,5H,2,4,6H2,1H3,(H,12,13). The van der Waals surface area contributed by atoms with Crippen LogP contribution in [0, 0.1) is 0 Å². The fraction of sp³-hybridized carbons (Fsp3) is 0.444.